The van der Waals surface area contributed by atoms with Crippen LogP contribution >= 0.6 is 0 Å². The second-order valence-electron chi connectivity index (χ2n) is 4.99. The Hall–Kier alpha value is -2.75. The van der Waals surface area contributed by atoms with Gasteiger partial charge in [0.2, 0.25) is 0 Å². The first-order valence-corrected chi connectivity index (χ1v) is 7.43. The molecule has 0 aliphatic rings. The van der Waals surface area contributed by atoms with E-state index in [1.807, 2.05) is 55.5 Å². The van der Waals surface area contributed by atoms with Crippen LogP contribution in [0.4, 0.5) is 5.82 Å². The molecule has 0 aliphatic heterocycles. The SMILES string of the molecule is CCNc1nnc(-c2ccccc2)nc1Cc1ccccc1. The fraction of sp³-hybridized carbons (Fsp3) is 0.167. The molecular weight excluding hydrogens is 272 g/mol. The molecule has 0 atom stereocenters. The van der Waals surface area contributed by atoms with Crippen LogP contribution in [0.3, 0.4) is 0 Å². The van der Waals surface area contributed by atoms with Crippen molar-refractivity contribution in [2.45, 2.75) is 13.3 Å². The second-order valence-corrected chi connectivity index (χ2v) is 4.99. The van der Waals surface area contributed by atoms with Gasteiger partial charge in [0.05, 0.1) is 5.69 Å². The van der Waals surface area contributed by atoms with Gasteiger partial charge in [0.15, 0.2) is 11.6 Å². The Morgan fingerprint density at radius 3 is 2.23 bits per heavy atom. The highest BCUT2D eigenvalue weighted by atomic mass is 15.2. The first kappa shape index (κ1) is 14.2. The van der Waals surface area contributed by atoms with Crippen LogP contribution in [0, 0.1) is 0 Å². The van der Waals surface area contributed by atoms with Crippen LogP contribution in [0.15, 0.2) is 60.7 Å². The monoisotopic (exact) mass is 290 g/mol. The topological polar surface area (TPSA) is 50.7 Å². The van der Waals surface area contributed by atoms with E-state index in [1.165, 1.54) is 5.56 Å². The van der Waals surface area contributed by atoms with Gasteiger partial charge in [-0.2, -0.15) is 0 Å². The summed E-state index contributed by atoms with van der Waals surface area (Å²) in [6.07, 6.45) is 0.735. The lowest BCUT2D eigenvalue weighted by Crippen LogP contribution is -2.09. The summed E-state index contributed by atoms with van der Waals surface area (Å²) in [5.74, 6) is 1.42. The molecule has 3 rings (SSSR count). The van der Waals surface area contributed by atoms with E-state index in [-0.39, 0.29) is 0 Å². The molecule has 4 nitrogen and oxygen atoms in total. The number of anilines is 1. The molecule has 0 amide bonds. The highest BCUT2D eigenvalue weighted by Gasteiger charge is 2.10. The van der Waals surface area contributed by atoms with E-state index >= 15 is 0 Å². The maximum Gasteiger partial charge on any atom is 0.182 e. The van der Waals surface area contributed by atoms with E-state index in [0.717, 1.165) is 30.0 Å². The van der Waals surface area contributed by atoms with Crippen LogP contribution in [-0.2, 0) is 6.42 Å². The van der Waals surface area contributed by atoms with Crippen molar-refractivity contribution >= 4 is 5.82 Å². The molecule has 1 aromatic heterocycles. The molecule has 0 unspecified atom stereocenters. The van der Waals surface area contributed by atoms with Gasteiger partial charge in [-0.1, -0.05) is 60.7 Å². The molecule has 110 valence electrons. The fourth-order valence-electron chi connectivity index (χ4n) is 2.29. The van der Waals surface area contributed by atoms with E-state index in [0.29, 0.717) is 5.82 Å². The third-order valence-electron chi connectivity index (χ3n) is 3.35. The molecule has 0 aliphatic carbocycles. The van der Waals surface area contributed by atoms with Crippen molar-refractivity contribution in [3.05, 3.63) is 71.9 Å². The molecule has 1 heterocycles. The number of hydrogen-bond donors (Lipinski definition) is 1. The van der Waals surface area contributed by atoms with E-state index in [2.05, 4.69) is 27.6 Å². The van der Waals surface area contributed by atoms with Crippen LogP contribution in [0.5, 0.6) is 0 Å². The van der Waals surface area contributed by atoms with Gasteiger partial charge in [-0.15, -0.1) is 10.2 Å². The van der Waals surface area contributed by atoms with Crippen molar-refractivity contribution < 1.29 is 0 Å². The minimum absolute atomic E-state index is 0.660. The minimum atomic E-state index is 0.660. The quantitative estimate of drug-likeness (QED) is 0.780. The Morgan fingerprint density at radius 2 is 1.55 bits per heavy atom. The highest BCUT2D eigenvalue weighted by Crippen LogP contribution is 2.19. The first-order valence-electron chi connectivity index (χ1n) is 7.43. The van der Waals surface area contributed by atoms with E-state index in [9.17, 15) is 0 Å². The number of hydrogen-bond acceptors (Lipinski definition) is 4. The second kappa shape index (κ2) is 6.80. The molecule has 22 heavy (non-hydrogen) atoms. The van der Waals surface area contributed by atoms with Gasteiger partial charge < -0.3 is 5.32 Å². The molecule has 0 saturated carbocycles. The summed E-state index contributed by atoms with van der Waals surface area (Å²) in [6, 6.07) is 20.2. The largest absolute Gasteiger partial charge is 0.367 e. The van der Waals surface area contributed by atoms with Crippen LogP contribution in [0.2, 0.25) is 0 Å². The van der Waals surface area contributed by atoms with Gasteiger partial charge >= 0.3 is 0 Å². The minimum Gasteiger partial charge on any atom is -0.367 e. The van der Waals surface area contributed by atoms with Gasteiger partial charge in [-0.3, -0.25) is 0 Å². The third-order valence-corrected chi connectivity index (χ3v) is 3.35. The standard InChI is InChI=1S/C18H18N4/c1-2-19-18-16(13-14-9-5-3-6-10-14)20-17(21-22-18)15-11-7-4-8-12-15/h3-12H,2,13H2,1H3,(H,19,22). The lowest BCUT2D eigenvalue weighted by molar-refractivity contribution is 0.916. The number of nitrogens with zero attached hydrogens (tertiary/aromatic N) is 3. The summed E-state index contributed by atoms with van der Waals surface area (Å²) in [5.41, 5.74) is 3.11. The normalized spacial score (nSPS) is 10.4. The van der Waals surface area contributed by atoms with Crippen molar-refractivity contribution in [3.8, 4) is 11.4 Å². The summed E-state index contributed by atoms with van der Waals surface area (Å²) < 4.78 is 0. The Kier molecular flexibility index (Phi) is 4.39. The maximum atomic E-state index is 4.72. The highest BCUT2D eigenvalue weighted by molar-refractivity contribution is 5.56. The van der Waals surface area contributed by atoms with Crippen LogP contribution in [-0.4, -0.2) is 21.7 Å². The smallest absolute Gasteiger partial charge is 0.182 e. The van der Waals surface area contributed by atoms with Crippen molar-refractivity contribution in [1.82, 2.24) is 15.2 Å². The van der Waals surface area contributed by atoms with Crippen molar-refractivity contribution in [2.75, 3.05) is 11.9 Å². The Labute approximate surface area is 130 Å². The molecule has 4 heteroatoms. The zero-order valence-electron chi connectivity index (χ0n) is 12.5. The first-order chi connectivity index (χ1) is 10.9. The van der Waals surface area contributed by atoms with Crippen LogP contribution < -0.4 is 5.32 Å². The van der Waals surface area contributed by atoms with Gasteiger partial charge in [-0.05, 0) is 12.5 Å². The molecule has 0 radical (unpaired) electrons. The summed E-state index contributed by atoms with van der Waals surface area (Å²) in [5, 5.41) is 11.8. The number of rotatable bonds is 5. The molecule has 0 spiro atoms. The lowest BCUT2D eigenvalue weighted by Gasteiger charge is -2.10. The van der Waals surface area contributed by atoms with Crippen LogP contribution in [0.25, 0.3) is 11.4 Å². The van der Waals surface area contributed by atoms with E-state index < -0.39 is 0 Å². The Morgan fingerprint density at radius 1 is 0.864 bits per heavy atom. The summed E-state index contributed by atoms with van der Waals surface area (Å²) in [6.45, 7) is 2.84. The number of aromatic nitrogens is 3. The van der Waals surface area contributed by atoms with Gasteiger partial charge in [-0.25, -0.2) is 4.98 Å². The summed E-state index contributed by atoms with van der Waals surface area (Å²) in [4.78, 5) is 4.72. The van der Waals surface area contributed by atoms with Gasteiger partial charge in [0, 0.05) is 18.5 Å². The summed E-state index contributed by atoms with van der Waals surface area (Å²) in [7, 11) is 0. The molecule has 2 aromatic carbocycles. The maximum absolute atomic E-state index is 4.72. The molecule has 1 N–H and O–H groups in total. The zero-order chi connectivity index (χ0) is 15.2. The van der Waals surface area contributed by atoms with Crippen molar-refractivity contribution in [2.24, 2.45) is 0 Å². The number of benzene rings is 2. The molecule has 0 fully saturated rings. The fourth-order valence-corrected chi connectivity index (χ4v) is 2.29. The Bertz CT molecular complexity index is 727. The predicted octanol–water partition coefficient (Wildman–Crippen LogP) is 3.56. The van der Waals surface area contributed by atoms with Gasteiger partial charge in [0.1, 0.15) is 0 Å². The van der Waals surface area contributed by atoms with Crippen molar-refractivity contribution in [3.63, 3.8) is 0 Å². The lowest BCUT2D eigenvalue weighted by atomic mass is 10.1. The third kappa shape index (κ3) is 3.28. The molecule has 0 saturated heterocycles. The van der Waals surface area contributed by atoms with Gasteiger partial charge in [0.25, 0.3) is 0 Å². The average molecular weight is 290 g/mol. The number of nitrogens with one attached hydrogen (secondary N) is 1. The molecular formula is C18H18N4. The predicted molar refractivity (Wildman–Crippen MR) is 88.7 cm³/mol. The van der Waals surface area contributed by atoms with E-state index in [1.54, 1.807) is 0 Å². The molecule has 3 aromatic rings. The molecule has 0 bridgehead atoms. The summed E-state index contributed by atoms with van der Waals surface area (Å²) >= 11 is 0. The van der Waals surface area contributed by atoms with E-state index in [4.69, 9.17) is 4.98 Å². The van der Waals surface area contributed by atoms with Crippen molar-refractivity contribution in [1.29, 1.82) is 0 Å². The average Bonchev–Trinajstić information content (AvgIpc) is 2.58. The van der Waals surface area contributed by atoms with Crippen LogP contribution in [0.1, 0.15) is 18.2 Å². The zero-order valence-corrected chi connectivity index (χ0v) is 12.5. The Balaban J connectivity index is 1.97.